The Bertz CT molecular complexity index is 1340. The van der Waals surface area contributed by atoms with Crippen molar-refractivity contribution in [3.05, 3.63) is 90.0 Å². The Kier molecular flexibility index (Phi) is 11.1. The van der Waals surface area contributed by atoms with Crippen molar-refractivity contribution in [3.63, 3.8) is 0 Å². The van der Waals surface area contributed by atoms with Crippen molar-refractivity contribution in [1.29, 1.82) is 0 Å². The number of sulfonamides is 1. The fourth-order valence-electron chi connectivity index (χ4n) is 4.22. The zero-order valence-corrected chi connectivity index (χ0v) is 24.5. The summed E-state index contributed by atoms with van der Waals surface area (Å²) in [4.78, 5) is 28.4. The molecule has 9 heteroatoms. The van der Waals surface area contributed by atoms with Gasteiger partial charge in [-0.25, -0.2) is 8.42 Å². The lowest BCUT2D eigenvalue weighted by molar-refractivity contribution is -0.138. The van der Waals surface area contributed by atoms with E-state index < -0.39 is 28.5 Å². The van der Waals surface area contributed by atoms with Gasteiger partial charge in [-0.05, 0) is 68.7 Å². The van der Waals surface area contributed by atoms with E-state index >= 15 is 0 Å². The van der Waals surface area contributed by atoms with Crippen LogP contribution in [0.1, 0.15) is 37.8 Å². The quantitative estimate of drug-likeness (QED) is 0.289. The number of carbonyl (C=O) groups excluding carboxylic acids is 2. The highest BCUT2D eigenvalue weighted by molar-refractivity contribution is 7.92. The van der Waals surface area contributed by atoms with E-state index in [4.69, 9.17) is 4.74 Å². The predicted octanol–water partition coefficient (Wildman–Crippen LogP) is 4.58. The number of amides is 2. The Hall–Kier alpha value is -3.85. The van der Waals surface area contributed by atoms with E-state index in [2.05, 4.69) is 5.32 Å². The largest absolute Gasteiger partial charge is 0.497 e. The van der Waals surface area contributed by atoms with Gasteiger partial charge in [0, 0.05) is 13.1 Å². The molecule has 0 aliphatic carbocycles. The molecule has 1 atom stereocenters. The molecule has 0 aliphatic rings. The molecule has 1 N–H and O–H groups in total. The molecule has 8 nitrogen and oxygen atoms in total. The molecule has 40 heavy (non-hydrogen) atoms. The van der Waals surface area contributed by atoms with Gasteiger partial charge in [0.25, 0.3) is 10.0 Å². The molecule has 0 fully saturated rings. The molecule has 3 aromatic carbocycles. The molecule has 214 valence electrons. The summed E-state index contributed by atoms with van der Waals surface area (Å²) in [6, 6.07) is 21.9. The molecule has 2 amide bonds. The number of unbranched alkanes of at least 4 members (excludes halogenated alkanes) is 1. The van der Waals surface area contributed by atoms with Crippen LogP contribution in [-0.4, -0.2) is 57.9 Å². The third-order valence-electron chi connectivity index (χ3n) is 6.73. The Morgan fingerprint density at radius 1 is 0.950 bits per heavy atom. The number of anilines is 1. The fourth-order valence-corrected chi connectivity index (χ4v) is 5.64. The fraction of sp³-hybridized carbons (Fsp3) is 0.355. The number of nitrogens with zero attached hydrogens (tertiary/aromatic N) is 2. The highest BCUT2D eigenvalue weighted by atomic mass is 32.2. The van der Waals surface area contributed by atoms with Gasteiger partial charge in [-0.1, -0.05) is 61.4 Å². The van der Waals surface area contributed by atoms with E-state index in [1.165, 1.54) is 24.1 Å². The maximum absolute atomic E-state index is 13.9. The summed E-state index contributed by atoms with van der Waals surface area (Å²) < 4.78 is 34.0. The Morgan fingerprint density at radius 2 is 1.60 bits per heavy atom. The zero-order valence-electron chi connectivity index (χ0n) is 23.7. The molecule has 3 aromatic rings. The minimum Gasteiger partial charge on any atom is -0.497 e. The lowest BCUT2D eigenvalue weighted by atomic mass is 10.1. The predicted molar refractivity (Wildman–Crippen MR) is 158 cm³/mol. The van der Waals surface area contributed by atoms with Crippen LogP contribution >= 0.6 is 0 Å². The van der Waals surface area contributed by atoms with Gasteiger partial charge in [-0.2, -0.15) is 0 Å². The van der Waals surface area contributed by atoms with E-state index in [0.717, 1.165) is 28.3 Å². The Labute approximate surface area is 238 Å². The number of methoxy groups -OCH3 is 1. The Morgan fingerprint density at radius 3 is 2.20 bits per heavy atom. The first-order valence-electron chi connectivity index (χ1n) is 13.5. The van der Waals surface area contributed by atoms with E-state index in [9.17, 15) is 18.0 Å². The van der Waals surface area contributed by atoms with Gasteiger partial charge < -0.3 is 15.0 Å². The summed E-state index contributed by atoms with van der Waals surface area (Å²) in [5.41, 5.74) is 2.25. The SMILES string of the molecule is CCCCNC(=O)[C@H](C)N(CCc1ccccc1)C(=O)CN(c1ccc(OC)cc1)S(=O)(=O)c1ccc(C)cc1. The van der Waals surface area contributed by atoms with Crippen molar-refractivity contribution in [1.82, 2.24) is 10.2 Å². The molecule has 0 spiro atoms. The summed E-state index contributed by atoms with van der Waals surface area (Å²) in [5, 5.41) is 2.90. The minimum absolute atomic E-state index is 0.0721. The molecule has 3 rings (SSSR count). The van der Waals surface area contributed by atoms with Crippen molar-refractivity contribution >= 4 is 27.5 Å². The van der Waals surface area contributed by atoms with E-state index in [1.54, 1.807) is 43.3 Å². The van der Waals surface area contributed by atoms with Crippen LogP contribution in [0, 0.1) is 6.92 Å². The third kappa shape index (κ3) is 8.08. The van der Waals surface area contributed by atoms with Gasteiger partial charge >= 0.3 is 0 Å². The second-order valence-corrected chi connectivity index (χ2v) is 11.5. The number of rotatable bonds is 14. The summed E-state index contributed by atoms with van der Waals surface area (Å²) in [6.07, 6.45) is 2.28. The van der Waals surface area contributed by atoms with Crippen LogP contribution < -0.4 is 14.4 Å². The lowest BCUT2D eigenvalue weighted by Crippen LogP contribution is -2.52. The van der Waals surface area contributed by atoms with Gasteiger partial charge in [0.1, 0.15) is 18.3 Å². The normalized spacial score (nSPS) is 11.9. The van der Waals surface area contributed by atoms with Crippen molar-refractivity contribution in [3.8, 4) is 5.75 Å². The second kappa shape index (κ2) is 14.5. The molecule has 0 aromatic heterocycles. The topological polar surface area (TPSA) is 96.0 Å². The van der Waals surface area contributed by atoms with Gasteiger partial charge in [0.05, 0.1) is 17.7 Å². The highest BCUT2D eigenvalue weighted by Gasteiger charge is 2.32. The van der Waals surface area contributed by atoms with Gasteiger partial charge in [-0.15, -0.1) is 0 Å². The van der Waals surface area contributed by atoms with E-state index in [1.807, 2.05) is 44.2 Å². The number of carbonyl (C=O) groups is 2. The number of benzene rings is 3. The van der Waals surface area contributed by atoms with Crippen LogP contribution in [0.2, 0.25) is 0 Å². The second-order valence-electron chi connectivity index (χ2n) is 9.67. The molecule has 0 radical (unpaired) electrons. The standard InChI is InChI=1S/C31H39N3O5S/c1-5-6-21-32-31(36)25(3)33(22-20-26-10-8-7-9-11-26)30(35)23-34(27-14-16-28(39-4)17-15-27)40(37,38)29-18-12-24(2)13-19-29/h7-19,25H,5-6,20-23H2,1-4H3,(H,32,36)/t25-/m0/s1. The number of hydrogen-bond donors (Lipinski definition) is 1. The lowest BCUT2D eigenvalue weighted by Gasteiger charge is -2.32. The van der Waals surface area contributed by atoms with Gasteiger partial charge in [0.2, 0.25) is 11.8 Å². The maximum Gasteiger partial charge on any atom is 0.264 e. The number of aryl methyl sites for hydroxylation is 1. The maximum atomic E-state index is 13.9. The van der Waals surface area contributed by atoms with Gasteiger partial charge in [-0.3, -0.25) is 13.9 Å². The third-order valence-corrected chi connectivity index (χ3v) is 8.52. The van der Waals surface area contributed by atoms with Gasteiger partial charge in [0.15, 0.2) is 0 Å². The van der Waals surface area contributed by atoms with Crippen LogP contribution in [0.15, 0.2) is 83.8 Å². The minimum atomic E-state index is -4.11. The number of nitrogens with one attached hydrogen (secondary N) is 1. The van der Waals surface area contributed by atoms with Crippen LogP contribution in [0.5, 0.6) is 5.75 Å². The van der Waals surface area contributed by atoms with Crippen LogP contribution in [-0.2, 0) is 26.0 Å². The summed E-state index contributed by atoms with van der Waals surface area (Å²) in [5.74, 6) is -0.183. The molecule has 0 unspecified atom stereocenters. The molecular formula is C31H39N3O5S. The monoisotopic (exact) mass is 565 g/mol. The smallest absolute Gasteiger partial charge is 0.264 e. The molecular weight excluding hydrogens is 526 g/mol. The molecule has 0 bridgehead atoms. The van der Waals surface area contributed by atoms with Crippen LogP contribution in [0.3, 0.4) is 0 Å². The van der Waals surface area contributed by atoms with Crippen molar-refractivity contribution in [2.75, 3.05) is 31.0 Å². The van der Waals surface area contributed by atoms with Crippen molar-refractivity contribution in [2.24, 2.45) is 0 Å². The highest BCUT2D eigenvalue weighted by Crippen LogP contribution is 2.26. The summed E-state index contributed by atoms with van der Waals surface area (Å²) in [6.45, 7) is 5.89. The van der Waals surface area contributed by atoms with Crippen molar-refractivity contribution in [2.45, 2.75) is 51.0 Å². The Balaban J connectivity index is 1.95. The summed E-state index contributed by atoms with van der Waals surface area (Å²) >= 11 is 0. The average Bonchev–Trinajstić information content (AvgIpc) is 2.96. The first kappa shape index (κ1) is 30.7. The molecule has 0 aliphatic heterocycles. The van der Waals surface area contributed by atoms with Crippen LogP contribution in [0.25, 0.3) is 0 Å². The average molecular weight is 566 g/mol. The molecule has 0 saturated carbocycles. The van der Waals surface area contributed by atoms with Crippen molar-refractivity contribution < 1.29 is 22.7 Å². The van der Waals surface area contributed by atoms with E-state index in [0.29, 0.717) is 24.4 Å². The van der Waals surface area contributed by atoms with E-state index in [-0.39, 0.29) is 17.3 Å². The van der Waals surface area contributed by atoms with Crippen LogP contribution in [0.4, 0.5) is 5.69 Å². The molecule has 0 saturated heterocycles. The zero-order chi connectivity index (χ0) is 29.1. The first-order valence-corrected chi connectivity index (χ1v) is 15.0. The first-order chi connectivity index (χ1) is 19.2. The molecule has 0 heterocycles. The summed E-state index contributed by atoms with van der Waals surface area (Å²) in [7, 11) is -2.58. The number of ether oxygens (including phenoxy) is 1. The number of hydrogen-bond acceptors (Lipinski definition) is 5.